The second-order valence-corrected chi connectivity index (χ2v) is 3.76. The Morgan fingerprint density at radius 2 is 2.06 bits per heavy atom. The van der Waals surface area contributed by atoms with Crippen molar-refractivity contribution in [3.8, 4) is 11.5 Å². The molecule has 0 bridgehead atoms. The Morgan fingerprint density at radius 1 is 1.12 bits per heavy atom. The van der Waals surface area contributed by atoms with Crippen LogP contribution < -0.4 is 5.32 Å². The molecular weight excluding hydrogens is 212 g/mol. The van der Waals surface area contributed by atoms with Crippen molar-refractivity contribution < 1.29 is 0 Å². The molecule has 0 unspecified atom stereocenters. The molecule has 4 nitrogen and oxygen atoms in total. The molecule has 0 aliphatic heterocycles. The highest BCUT2D eigenvalue weighted by atomic mass is 15.0. The number of rotatable bonds is 2. The van der Waals surface area contributed by atoms with Gasteiger partial charge in [0.15, 0.2) is 5.82 Å². The zero-order chi connectivity index (χ0) is 11.7. The average Bonchev–Trinajstić information content (AvgIpc) is 2.82. The van der Waals surface area contributed by atoms with Gasteiger partial charge in [-0.3, -0.25) is 9.38 Å². The lowest BCUT2D eigenvalue weighted by Crippen LogP contribution is -1.94. The molecule has 0 spiro atoms. The SMILES string of the molecule is CNc1ccc2cnc(-c3ccccn3)n2c1. The van der Waals surface area contributed by atoms with Gasteiger partial charge in [-0.15, -0.1) is 0 Å². The van der Waals surface area contributed by atoms with Gasteiger partial charge in [-0.1, -0.05) is 6.07 Å². The van der Waals surface area contributed by atoms with Gasteiger partial charge in [-0.25, -0.2) is 4.98 Å². The molecule has 0 radical (unpaired) electrons. The van der Waals surface area contributed by atoms with Crippen LogP contribution in [0.3, 0.4) is 0 Å². The summed E-state index contributed by atoms with van der Waals surface area (Å²) in [5.74, 6) is 0.859. The fourth-order valence-corrected chi connectivity index (χ4v) is 1.82. The van der Waals surface area contributed by atoms with Crippen LogP contribution in [0.1, 0.15) is 0 Å². The van der Waals surface area contributed by atoms with Gasteiger partial charge in [0.25, 0.3) is 0 Å². The summed E-state index contributed by atoms with van der Waals surface area (Å²) in [6.07, 6.45) is 5.65. The second-order valence-electron chi connectivity index (χ2n) is 3.76. The third-order valence-electron chi connectivity index (χ3n) is 2.71. The number of hydrogen-bond donors (Lipinski definition) is 1. The Morgan fingerprint density at radius 3 is 2.82 bits per heavy atom. The van der Waals surface area contributed by atoms with Crippen LogP contribution in [0.15, 0.2) is 48.9 Å². The van der Waals surface area contributed by atoms with E-state index in [2.05, 4.69) is 15.3 Å². The molecule has 0 aliphatic rings. The number of hydrogen-bond acceptors (Lipinski definition) is 3. The molecule has 0 saturated heterocycles. The van der Waals surface area contributed by atoms with Crippen molar-refractivity contribution in [1.82, 2.24) is 14.4 Å². The van der Waals surface area contributed by atoms with E-state index in [1.165, 1.54) is 0 Å². The van der Waals surface area contributed by atoms with Gasteiger partial charge in [0, 0.05) is 19.4 Å². The summed E-state index contributed by atoms with van der Waals surface area (Å²) >= 11 is 0. The molecule has 84 valence electrons. The highest BCUT2D eigenvalue weighted by Crippen LogP contribution is 2.19. The maximum absolute atomic E-state index is 4.41. The summed E-state index contributed by atoms with van der Waals surface area (Å²) in [5, 5.41) is 3.12. The first-order valence-corrected chi connectivity index (χ1v) is 5.45. The fourth-order valence-electron chi connectivity index (χ4n) is 1.82. The Hall–Kier alpha value is -2.36. The average molecular weight is 224 g/mol. The summed E-state index contributed by atoms with van der Waals surface area (Å²) in [6.45, 7) is 0. The highest BCUT2D eigenvalue weighted by Gasteiger charge is 2.06. The van der Waals surface area contributed by atoms with Crippen molar-refractivity contribution in [2.75, 3.05) is 12.4 Å². The smallest absolute Gasteiger partial charge is 0.163 e. The number of nitrogens with zero attached hydrogens (tertiary/aromatic N) is 3. The first-order valence-electron chi connectivity index (χ1n) is 5.45. The number of pyridine rings is 2. The van der Waals surface area contributed by atoms with Gasteiger partial charge in [-0.2, -0.15) is 0 Å². The summed E-state index contributed by atoms with van der Waals surface area (Å²) < 4.78 is 2.04. The zero-order valence-electron chi connectivity index (χ0n) is 9.46. The molecule has 0 aromatic carbocycles. The fraction of sp³-hybridized carbons (Fsp3) is 0.0769. The van der Waals surface area contributed by atoms with E-state index in [0.717, 1.165) is 22.7 Å². The quantitative estimate of drug-likeness (QED) is 0.727. The highest BCUT2D eigenvalue weighted by molar-refractivity contribution is 5.62. The van der Waals surface area contributed by atoms with E-state index in [0.29, 0.717) is 0 Å². The largest absolute Gasteiger partial charge is 0.387 e. The predicted octanol–water partition coefficient (Wildman–Crippen LogP) is 2.44. The monoisotopic (exact) mass is 224 g/mol. The molecule has 0 atom stereocenters. The van der Waals surface area contributed by atoms with Crippen LogP contribution in [0.4, 0.5) is 5.69 Å². The molecule has 0 aliphatic carbocycles. The van der Waals surface area contributed by atoms with E-state index in [1.807, 2.05) is 54.2 Å². The second kappa shape index (κ2) is 3.90. The van der Waals surface area contributed by atoms with Crippen molar-refractivity contribution in [2.24, 2.45) is 0 Å². The maximum Gasteiger partial charge on any atom is 0.163 e. The third-order valence-corrected chi connectivity index (χ3v) is 2.71. The van der Waals surface area contributed by atoms with E-state index >= 15 is 0 Å². The molecule has 0 amide bonds. The molecule has 3 aromatic rings. The lowest BCUT2D eigenvalue weighted by atomic mass is 10.3. The minimum atomic E-state index is 0.859. The summed E-state index contributed by atoms with van der Waals surface area (Å²) in [7, 11) is 1.90. The summed E-state index contributed by atoms with van der Waals surface area (Å²) in [4.78, 5) is 8.74. The Balaban J connectivity index is 2.23. The van der Waals surface area contributed by atoms with Crippen LogP contribution in [-0.4, -0.2) is 21.4 Å². The Bertz CT molecular complexity index is 643. The zero-order valence-corrected chi connectivity index (χ0v) is 9.46. The number of aromatic nitrogens is 3. The molecule has 1 N–H and O–H groups in total. The molecule has 3 heterocycles. The summed E-state index contributed by atoms with van der Waals surface area (Å²) in [6, 6.07) is 9.88. The molecule has 4 heteroatoms. The van der Waals surface area contributed by atoms with Crippen LogP contribution in [-0.2, 0) is 0 Å². The molecule has 0 fully saturated rings. The maximum atomic E-state index is 4.41. The molecule has 0 saturated carbocycles. The lowest BCUT2D eigenvalue weighted by Gasteiger charge is -2.03. The minimum absolute atomic E-state index is 0.859. The van der Waals surface area contributed by atoms with Gasteiger partial charge in [0.05, 0.1) is 17.4 Å². The van der Waals surface area contributed by atoms with Crippen molar-refractivity contribution >= 4 is 11.2 Å². The van der Waals surface area contributed by atoms with Gasteiger partial charge in [0.2, 0.25) is 0 Å². The lowest BCUT2D eigenvalue weighted by molar-refractivity contribution is 1.13. The minimum Gasteiger partial charge on any atom is -0.387 e. The first kappa shape index (κ1) is 9.84. The van der Waals surface area contributed by atoms with Crippen LogP contribution >= 0.6 is 0 Å². The van der Waals surface area contributed by atoms with Crippen LogP contribution in [0.25, 0.3) is 17.0 Å². The normalized spacial score (nSPS) is 10.6. The topological polar surface area (TPSA) is 42.2 Å². The molecule has 17 heavy (non-hydrogen) atoms. The van der Waals surface area contributed by atoms with Gasteiger partial charge in [-0.05, 0) is 24.3 Å². The number of anilines is 1. The number of fused-ring (bicyclic) bond motifs is 1. The Labute approximate surface area is 99.0 Å². The van der Waals surface area contributed by atoms with Gasteiger partial charge < -0.3 is 5.32 Å². The van der Waals surface area contributed by atoms with E-state index in [9.17, 15) is 0 Å². The van der Waals surface area contributed by atoms with E-state index in [1.54, 1.807) is 6.20 Å². The van der Waals surface area contributed by atoms with Crippen molar-refractivity contribution in [1.29, 1.82) is 0 Å². The van der Waals surface area contributed by atoms with E-state index < -0.39 is 0 Å². The van der Waals surface area contributed by atoms with Crippen LogP contribution in [0, 0.1) is 0 Å². The Kier molecular flexibility index (Phi) is 2.26. The molecule has 3 aromatic heterocycles. The number of nitrogens with one attached hydrogen (secondary N) is 1. The van der Waals surface area contributed by atoms with Crippen LogP contribution in [0.2, 0.25) is 0 Å². The van der Waals surface area contributed by atoms with Crippen molar-refractivity contribution in [3.63, 3.8) is 0 Å². The van der Waals surface area contributed by atoms with Crippen molar-refractivity contribution in [3.05, 3.63) is 48.9 Å². The van der Waals surface area contributed by atoms with E-state index in [4.69, 9.17) is 0 Å². The van der Waals surface area contributed by atoms with Gasteiger partial charge >= 0.3 is 0 Å². The molecular formula is C13H12N4. The third kappa shape index (κ3) is 1.63. The standard InChI is InChI=1S/C13H12N4/c1-14-10-5-6-11-8-16-13(17(11)9-10)12-4-2-3-7-15-12/h2-9,14H,1H3. The predicted molar refractivity (Wildman–Crippen MR) is 68.0 cm³/mol. The number of imidazole rings is 1. The van der Waals surface area contributed by atoms with Gasteiger partial charge in [0.1, 0.15) is 5.69 Å². The van der Waals surface area contributed by atoms with Crippen molar-refractivity contribution in [2.45, 2.75) is 0 Å². The summed E-state index contributed by atoms with van der Waals surface area (Å²) in [5.41, 5.74) is 2.98. The molecule has 3 rings (SSSR count). The van der Waals surface area contributed by atoms with E-state index in [-0.39, 0.29) is 0 Å². The first-order chi connectivity index (χ1) is 8.38. The van der Waals surface area contributed by atoms with Crippen LogP contribution in [0.5, 0.6) is 0 Å².